The number of urea groups is 1. The predicted molar refractivity (Wildman–Crippen MR) is 94.2 cm³/mol. The maximum Gasteiger partial charge on any atom is 0.312 e. The van der Waals surface area contributed by atoms with Crippen LogP contribution in [0.25, 0.3) is 0 Å². The van der Waals surface area contributed by atoms with Crippen LogP contribution in [0.1, 0.15) is 42.1 Å². The first kappa shape index (κ1) is 18.4. The topological polar surface area (TPSA) is 84.2 Å². The number of primary amides is 1. The molecule has 0 aliphatic carbocycles. The van der Waals surface area contributed by atoms with Crippen LogP contribution < -0.4 is 16.4 Å². The molecular formula is C19H22FN3O2. The molecule has 132 valence electrons. The van der Waals surface area contributed by atoms with Gasteiger partial charge in [0.15, 0.2) is 0 Å². The van der Waals surface area contributed by atoms with Crippen molar-refractivity contribution < 1.29 is 14.0 Å². The fourth-order valence-electron chi connectivity index (χ4n) is 2.78. The van der Waals surface area contributed by atoms with Crippen LogP contribution in [-0.2, 0) is 4.79 Å². The number of nitrogens with two attached hydrogens (primary N) is 1. The molecule has 0 aromatic heterocycles. The summed E-state index contributed by atoms with van der Waals surface area (Å²) in [5.41, 5.74) is 7.40. The Balaban J connectivity index is 2.11. The lowest BCUT2D eigenvalue weighted by Crippen LogP contribution is -2.37. The number of nitrogens with one attached hydrogen (secondary N) is 2. The van der Waals surface area contributed by atoms with Crippen LogP contribution in [0, 0.1) is 12.7 Å². The molecule has 0 aliphatic rings. The van der Waals surface area contributed by atoms with Gasteiger partial charge in [-0.3, -0.25) is 4.79 Å². The van der Waals surface area contributed by atoms with Crippen LogP contribution >= 0.6 is 0 Å². The lowest BCUT2D eigenvalue weighted by molar-refractivity contribution is -0.122. The SMILES string of the molecule is Cc1ccccc1C(CC(=O)NC(C)c1ccccc1F)NC(N)=O. The van der Waals surface area contributed by atoms with E-state index in [-0.39, 0.29) is 18.1 Å². The minimum absolute atomic E-state index is 0.00653. The van der Waals surface area contributed by atoms with E-state index in [0.717, 1.165) is 11.1 Å². The van der Waals surface area contributed by atoms with Crippen LogP contribution in [0.3, 0.4) is 0 Å². The quantitative estimate of drug-likeness (QED) is 0.753. The molecule has 0 aliphatic heterocycles. The highest BCUT2D eigenvalue weighted by Crippen LogP contribution is 2.22. The highest BCUT2D eigenvalue weighted by Gasteiger charge is 2.21. The number of hydrogen-bond donors (Lipinski definition) is 3. The fraction of sp³-hybridized carbons (Fsp3) is 0.263. The van der Waals surface area contributed by atoms with E-state index in [0.29, 0.717) is 5.56 Å². The summed E-state index contributed by atoms with van der Waals surface area (Å²) in [7, 11) is 0. The summed E-state index contributed by atoms with van der Waals surface area (Å²) in [5.74, 6) is -0.682. The van der Waals surface area contributed by atoms with E-state index in [4.69, 9.17) is 5.73 Å². The Bertz CT molecular complexity index is 764. The summed E-state index contributed by atoms with van der Waals surface area (Å²) in [4.78, 5) is 23.7. The molecule has 2 unspecified atom stereocenters. The van der Waals surface area contributed by atoms with E-state index in [1.807, 2.05) is 31.2 Å². The maximum atomic E-state index is 13.8. The summed E-state index contributed by atoms with van der Waals surface area (Å²) >= 11 is 0. The van der Waals surface area contributed by atoms with Crippen molar-refractivity contribution in [3.8, 4) is 0 Å². The third-order valence-corrected chi connectivity index (χ3v) is 4.02. The molecule has 0 fully saturated rings. The standard InChI is InChI=1S/C19H22FN3O2/c1-12-7-3-4-8-14(12)17(23-19(21)25)11-18(24)22-13(2)15-9-5-6-10-16(15)20/h3-10,13,17H,11H2,1-2H3,(H,22,24)(H3,21,23,25). The second kappa shape index (κ2) is 8.28. The number of rotatable bonds is 6. The molecule has 0 saturated heterocycles. The number of carbonyl (C=O) groups excluding carboxylic acids is 2. The first-order chi connectivity index (χ1) is 11.9. The molecule has 0 radical (unpaired) electrons. The van der Waals surface area contributed by atoms with Gasteiger partial charge >= 0.3 is 6.03 Å². The number of carbonyl (C=O) groups is 2. The maximum absolute atomic E-state index is 13.8. The van der Waals surface area contributed by atoms with Crippen LogP contribution in [0.5, 0.6) is 0 Å². The van der Waals surface area contributed by atoms with Gasteiger partial charge in [0, 0.05) is 5.56 Å². The van der Waals surface area contributed by atoms with Gasteiger partial charge in [0.2, 0.25) is 5.91 Å². The van der Waals surface area contributed by atoms with Crippen LogP contribution in [0.15, 0.2) is 48.5 Å². The van der Waals surface area contributed by atoms with Gasteiger partial charge in [0.1, 0.15) is 5.82 Å². The second-order valence-corrected chi connectivity index (χ2v) is 5.93. The van der Waals surface area contributed by atoms with E-state index in [9.17, 15) is 14.0 Å². The summed E-state index contributed by atoms with van der Waals surface area (Å²) in [6.07, 6.45) is 0.00653. The van der Waals surface area contributed by atoms with Crippen LogP contribution in [-0.4, -0.2) is 11.9 Å². The number of amides is 3. The van der Waals surface area contributed by atoms with E-state index in [1.54, 1.807) is 25.1 Å². The van der Waals surface area contributed by atoms with Crippen molar-refractivity contribution in [3.63, 3.8) is 0 Å². The number of benzene rings is 2. The van der Waals surface area contributed by atoms with E-state index in [2.05, 4.69) is 10.6 Å². The summed E-state index contributed by atoms with van der Waals surface area (Å²) in [5, 5.41) is 5.36. The first-order valence-electron chi connectivity index (χ1n) is 8.03. The van der Waals surface area contributed by atoms with Crippen molar-refractivity contribution in [2.75, 3.05) is 0 Å². The Morgan fingerprint density at radius 1 is 1.04 bits per heavy atom. The molecule has 2 rings (SSSR count). The van der Waals surface area contributed by atoms with E-state index in [1.165, 1.54) is 6.07 Å². The molecule has 2 aromatic rings. The second-order valence-electron chi connectivity index (χ2n) is 5.93. The van der Waals surface area contributed by atoms with Gasteiger partial charge in [-0.15, -0.1) is 0 Å². The monoisotopic (exact) mass is 343 g/mol. The number of hydrogen-bond acceptors (Lipinski definition) is 2. The Morgan fingerprint density at radius 2 is 1.64 bits per heavy atom. The van der Waals surface area contributed by atoms with Crippen molar-refractivity contribution in [1.29, 1.82) is 0 Å². The van der Waals surface area contributed by atoms with Gasteiger partial charge in [0.05, 0.1) is 18.5 Å². The van der Waals surface area contributed by atoms with Crippen molar-refractivity contribution in [2.45, 2.75) is 32.4 Å². The molecule has 0 bridgehead atoms. The van der Waals surface area contributed by atoms with E-state index >= 15 is 0 Å². The fourth-order valence-corrected chi connectivity index (χ4v) is 2.78. The highest BCUT2D eigenvalue weighted by molar-refractivity contribution is 5.79. The first-order valence-corrected chi connectivity index (χ1v) is 8.03. The van der Waals surface area contributed by atoms with Gasteiger partial charge < -0.3 is 16.4 Å². The molecule has 2 aromatic carbocycles. The van der Waals surface area contributed by atoms with Gasteiger partial charge in [-0.05, 0) is 31.0 Å². The zero-order valence-corrected chi connectivity index (χ0v) is 14.3. The molecule has 0 saturated carbocycles. The minimum Gasteiger partial charge on any atom is -0.352 e. The lowest BCUT2D eigenvalue weighted by Gasteiger charge is -2.21. The average Bonchev–Trinajstić information content (AvgIpc) is 2.54. The van der Waals surface area contributed by atoms with Crippen LogP contribution in [0.4, 0.5) is 9.18 Å². The zero-order valence-electron chi connectivity index (χ0n) is 14.3. The summed E-state index contributed by atoms with van der Waals surface area (Å²) < 4.78 is 13.8. The van der Waals surface area contributed by atoms with E-state index < -0.39 is 18.1 Å². The predicted octanol–water partition coefficient (Wildman–Crippen LogP) is 3.11. The largest absolute Gasteiger partial charge is 0.352 e. The van der Waals surface area contributed by atoms with Crippen molar-refractivity contribution >= 4 is 11.9 Å². The molecule has 4 N–H and O–H groups in total. The Kier molecular flexibility index (Phi) is 6.11. The normalized spacial score (nSPS) is 12.9. The summed E-state index contributed by atoms with van der Waals surface area (Å²) in [6.45, 7) is 3.60. The third-order valence-electron chi connectivity index (χ3n) is 4.02. The Morgan fingerprint density at radius 3 is 2.24 bits per heavy atom. The van der Waals surface area contributed by atoms with Gasteiger partial charge in [0.25, 0.3) is 0 Å². The molecule has 3 amide bonds. The highest BCUT2D eigenvalue weighted by atomic mass is 19.1. The molecule has 0 spiro atoms. The zero-order chi connectivity index (χ0) is 18.4. The number of halogens is 1. The smallest absolute Gasteiger partial charge is 0.312 e. The van der Waals surface area contributed by atoms with Crippen LogP contribution in [0.2, 0.25) is 0 Å². The van der Waals surface area contributed by atoms with Crippen molar-refractivity contribution in [1.82, 2.24) is 10.6 Å². The average molecular weight is 343 g/mol. The Labute approximate surface area is 146 Å². The van der Waals surface area contributed by atoms with Crippen molar-refractivity contribution in [3.05, 3.63) is 71.0 Å². The molecular weight excluding hydrogens is 321 g/mol. The molecule has 5 nitrogen and oxygen atoms in total. The third kappa shape index (κ3) is 5.04. The van der Waals surface area contributed by atoms with Crippen molar-refractivity contribution in [2.24, 2.45) is 5.73 Å². The van der Waals surface area contributed by atoms with Gasteiger partial charge in [-0.1, -0.05) is 42.5 Å². The van der Waals surface area contributed by atoms with Gasteiger partial charge in [-0.2, -0.15) is 0 Å². The molecule has 2 atom stereocenters. The molecule has 25 heavy (non-hydrogen) atoms. The summed E-state index contributed by atoms with van der Waals surface area (Å²) in [6, 6.07) is 12.0. The lowest BCUT2D eigenvalue weighted by atomic mass is 9.98. The molecule has 6 heteroatoms. The molecule has 0 heterocycles. The Hall–Kier alpha value is -2.89. The number of aryl methyl sites for hydroxylation is 1. The van der Waals surface area contributed by atoms with Gasteiger partial charge in [-0.25, -0.2) is 9.18 Å². The minimum atomic E-state index is -0.705.